The summed E-state index contributed by atoms with van der Waals surface area (Å²) in [4.78, 5) is 21.7. The summed E-state index contributed by atoms with van der Waals surface area (Å²) in [5.41, 5.74) is 1.84. The maximum Gasteiger partial charge on any atom is 0.228 e. The van der Waals surface area contributed by atoms with Gasteiger partial charge < -0.3 is 15.0 Å². The minimum atomic E-state index is 0.0841. The molecule has 2 aliphatic rings. The molecule has 6 heteroatoms. The van der Waals surface area contributed by atoms with E-state index in [1.54, 1.807) is 23.7 Å². The van der Waals surface area contributed by atoms with Crippen LogP contribution in [0.1, 0.15) is 22.1 Å². The number of aromatic nitrogens is 1. The quantitative estimate of drug-likeness (QED) is 0.927. The van der Waals surface area contributed by atoms with Gasteiger partial charge in [0.1, 0.15) is 0 Å². The topological polar surface area (TPSA) is 54.5 Å². The van der Waals surface area contributed by atoms with Crippen LogP contribution in [0.25, 0.3) is 0 Å². The Morgan fingerprint density at radius 1 is 1.33 bits per heavy atom. The number of anilines is 2. The van der Waals surface area contributed by atoms with Crippen molar-refractivity contribution in [2.45, 2.75) is 19.3 Å². The van der Waals surface area contributed by atoms with Crippen molar-refractivity contribution >= 4 is 28.6 Å². The minimum Gasteiger partial charge on any atom is -0.378 e. The third-order valence-corrected chi connectivity index (χ3v) is 5.79. The van der Waals surface area contributed by atoms with Crippen LogP contribution in [0.3, 0.4) is 0 Å². The minimum absolute atomic E-state index is 0.0841. The van der Waals surface area contributed by atoms with E-state index in [2.05, 4.69) is 34.3 Å². The molecule has 0 spiro atoms. The average molecular weight is 343 g/mol. The zero-order chi connectivity index (χ0) is 16.5. The summed E-state index contributed by atoms with van der Waals surface area (Å²) in [7, 11) is 0. The molecule has 2 fully saturated rings. The Morgan fingerprint density at radius 3 is 2.92 bits per heavy atom. The molecule has 5 nitrogen and oxygen atoms in total. The van der Waals surface area contributed by atoms with Gasteiger partial charge in [0.15, 0.2) is 0 Å². The van der Waals surface area contributed by atoms with E-state index in [0.717, 1.165) is 44.1 Å². The van der Waals surface area contributed by atoms with E-state index in [1.165, 1.54) is 9.75 Å². The molecule has 1 saturated heterocycles. The van der Waals surface area contributed by atoms with Crippen LogP contribution in [0.2, 0.25) is 0 Å². The summed E-state index contributed by atoms with van der Waals surface area (Å²) in [6.45, 7) is 5.23. The van der Waals surface area contributed by atoms with Crippen molar-refractivity contribution in [2.24, 2.45) is 5.92 Å². The zero-order valence-corrected chi connectivity index (χ0v) is 14.5. The van der Waals surface area contributed by atoms with Crippen molar-refractivity contribution in [1.82, 2.24) is 4.98 Å². The lowest BCUT2D eigenvalue weighted by atomic mass is 10.2. The number of aryl methyl sites for hydroxylation is 1. The summed E-state index contributed by atoms with van der Waals surface area (Å²) in [6, 6.07) is 6.25. The fraction of sp³-hybridized carbons (Fsp3) is 0.444. The van der Waals surface area contributed by atoms with Crippen LogP contribution in [0, 0.1) is 12.8 Å². The molecule has 2 atom stereocenters. The summed E-state index contributed by atoms with van der Waals surface area (Å²) in [6.07, 6.45) is 4.46. The first-order chi connectivity index (χ1) is 11.7. The second kappa shape index (κ2) is 6.53. The van der Waals surface area contributed by atoms with Crippen molar-refractivity contribution in [3.8, 4) is 0 Å². The second-order valence-corrected chi connectivity index (χ2v) is 7.70. The number of ether oxygens (including phenoxy) is 1. The predicted molar refractivity (Wildman–Crippen MR) is 95.8 cm³/mol. The third-order valence-electron chi connectivity index (χ3n) is 4.66. The van der Waals surface area contributed by atoms with Gasteiger partial charge in [-0.2, -0.15) is 0 Å². The van der Waals surface area contributed by atoms with E-state index in [1.807, 2.05) is 6.07 Å². The zero-order valence-electron chi connectivity index (χ0n) is 13.7. The molecule has 0 unspecified atom stereocenters. The Labute approximate surface area is 145 Å². The molecule has 2 aromatic rings. The average Bonchev–Trinajstić information content (AvgIpc) is 3.30. The van der Waals surface area contributed by atoms with Crippen LogP contribution < -0.4 is 10.2 Å². The molecule has 0 radical (unpaired) electrons. The highest BCUT2D eigenvalue weighted by molar-refractivity contribution is 7.12. The highest BCUT2D eigenvalue weighted by atomic mass is 32.1. The number of carbonyl (C=O) groups is 1. The lowest BCUT2D eigenvalue weighted by molar-refractivity contribution is -0.117. The molecule has 1 saturated carbocycles. The lowest BCUT2D eigenvalue weighted by Crippen LogP contribution is -2.36. The van der Waals surface area contributed by atoms with Gasteiger partial charge in [0.2, 0.25) is 5.91 Å². The third kappa shape index (κ3) is 3.16. The van der Waals surface area contributed by atoms with Crippen LogP contribution in [0.4, 0.5) is 11.4 Å². The Bertz CT molecular complexity index is 739. The molecule has 0 bridgehead atoms. The molecule has 2 aromatic heterocycles. The van der Waals surface area contributed by atoms with Crippen LogP contribution in [-0.2, 0) is 9.53 Å². The van der Waals surface area contributed by atoms with Crippen LogP contribution >= 0.6 is 11.3 Å². The van der Waals surface area contributed by atoms with Crippen LogP contribution in [0.5, 0.6) is 0 Å². The van der Waals surface area contributed by atoms with Gasteiger partial charge in [-0.05, 0) is 31.5 Å². The van der Waals surface area contributed by atoms with E-state index in [9.17, 15) is 4.79 Å². The van der Waals surface area contributed by atoms with Gasteiger partial charge in [0, 0.05) is 40.9 Å². The number of hydrogen-bond donors (Lipinski definition) is 1. The number of hydrogen-bond acceptors (Lipinski definition) is 5. The molecule has 1 amide bonds. The van der Waals surface area contributed by atoms with Gasteiger partial charge in [0.05, 0.1) is 30.8 Å². The maximum atomic E-state index is 12.6. The fourth-order valence-electron chi connectivity index (χ4n) is 3.24. The Hall–Kier alpha value is -1.92. The van der Waals surface area contributed by atoms with E-state index in [4.69, 9.17) is 4.74 Å². The Morgan fingerprint density at radius 2 is 2.17 bits per heavy atom. The van der Waals surface area contributed by atoms with E-state index in [-0.39, 0.29) is 11.8 Å². The smallest absolute Gasteiger partial charge is 0.228 e. The number of nitrogens with one attached hydrogen (secondary N) is 1. The highest BCUT2D eigenvalue weighted by Crippen LogP contribution is 2.50. The molecule has 0 aromatic carbocycles. The number of rotatable bonds is 4. The summed E-state index contributed by atoms with van der Waals surface area (Å²) in [5.74, 6) is 0.571. The van der Waals surface area contributed by atoms with Crippen LogP contribution in [-0.4, -0.2) is 37.2 Å². The molecule has 4 rings (SSSR count). The van der Waals surface area contributed by atoms with Gasteiger partial charge >= 0.3 is 0 Å². The van der Waals surface area contributed by atoms with Crippen LogP contribution in [0.15, 0.2) is 30.6 Å². The molecule has 1 N–H and O–H groups in total. The van der Waals surface area contributed by atoms with Gasteiger partial charge in [-0.1, -0.05) is 0 Å². The van der Waals surface area contributed by atoms with Crippen molar-refractivity contribution in [3.63, 3.8) is 0 Å². The standard InChI is InChI=1S/C18H21N3O2S/c1-12-2-3-17(24-12)13-10-14(13)18(22)20-15-11-19-5-4-16(15)21-6-8-23-9-7-21/h2-5,11,13-14H,6-10H2,1H3,(H,20,22)/t13-,14-/m0/s1. The van der Waals surface area contributed by atoms with Gasteiger partial charge in [-0.25, -0.2) is 0 Å². The summed E-state index contributed by atoms with van der Waals surface area (Å²) < 4.78 is 5.41. The van der Waals surface area contributed by atoms with Gasteiger partial charge in [-0.3, -0.25) is 9.78 Å². The first kappa shape index (κ1) is 15.6. The van der Waals surface area contributed by atoms with Gasteiger partial charge in [0.25, 0.3) is 0 Å². The molecule has 24 heavy (non-hydrogen) atoms. The maximum absolute atomic E-state index is 12.6. The Balaban J connectivity index is 1.45. The molecular weight excluding hydrogens is 322 g/mol. The molecule has 1 aliphatic heterocycles. The van der Waals surface area contributed by atoms with Crippen molar-refractivity contribution in [2.75, 3.05) is 36.5 Å². The largest absolute Gasteiger partial charge is 0.378 e. The summed E-state index contributed by atoms with van der Waals surface area (Å²) in [5, 5.41) is 3.10. The van der Waals surface area contributed by atoms with Crippen molar-refractivity contribution in [3.05, 3.63) is 40.3 Å². The number of carbonyl (C=O) groups excluding carboxylic acids is 1. The number of thiophene rings is 1. The second-order valence-electron chi connectivity index (χ2n) is 6.38. The predicted octanol–water partition coefficient (Wildman–Crippen LogP) is 3.03. The first-order valence-electron chi connectivity index (χ1n) is 8.36. The SMILES string of the molecule is Cc1ccc([C@H]2C[C@@H]2C(=O)Nc2cnccc2N2CCOCC2)s1. The van der Waals surface area contributed by atoms with Crippen molar-refractivity contribution in [1.29, 1.82) is 0 Å². The normalized spacial score (nSPS) is 23.1. The fourth-order valence-corrected chi connectivity index (χ4v) is 4.30. The highest BCUT2D eigenvalue weighted by Gasteiger charge is 2.44. The number of morpholine rings is 1. The number of amides is 1. The van der Waals surface area contributed by atoms with E-state index in [0.29, 0.717) is 5.92 Å². The molecule has 126 valence electrons. The number of pyridine rings is 1. The van der Waals surface area contributed by atoms with Crippen molar-refractivity contribution < 1.29 is 9.53 Å². The molecular formula is C18H21N3O2S. The lowest BCUT2D eigenvalue weighted by Gasteiger charge is -2.30. The molecule has 3 heterocycles. The number of nitrogens with zero attached hydrogens (tertiary/aromatic N) is 2. The van der Waals surface area contributed by atoms with E-state index < -0.39 is 0 Å². The van der Waals surface area contributed by atoms with E-state index >= 15 is 0 Å². The summed E-state index contributed by atoms with van der Waals surface area (Å²) >= 11 is 1.80. The molecule has 1 aliphatic carbocycles. The first-order valence-corrected chi connectivity index (χ1v) is 9.18. The Kier molecular flexibility index (Phi) is 4.24. The monoisotopic (exact) mass is 343 g/mol. The van der Waals surface area contributed by atoms with Gasteiger partial charge in [-0.15, -0.1) is 11.3 Å².